The van der Waals surface area contributed by atoms with Crippen LogP contribution in [0.2, 0.25) is 0 Å². The second kappa shape index (κ2) is 5.85. The molecule has 29 heavy (non-hydrogen) atoms. The van der Waals surface area contributed by atoms with Crippen LogP contribution in [0.15, 0.2) is 67.7 Å². The van der Waals surface area contributed by atoms with Crippen molar-refractivity contribution in [2.75, 3.05) is 0 Å². The van der Waals surface area contributed by atoms with E-state index in [0.29, 0.717) is 22.9 Å². The van der Waals surface area contributed by atoms with Crippen LogP contribution < -0.4 is 22.0 Å². The van der Waals surface area contributed by atoms with Crippen LogP contribution in [0.3, 0.4) is 0 Å². The van der Waals surface area contributed by atoms with Gasteiger partial charge in [-0.15, -0.1) is 0 Å². The first-order valence-corrected chi connectivity index (χ1v) is 9.37. The molecule has 0 unspecified atom stereocenters. The van der Waals surface area contributed by atoms with E-state index in [2.05, 4.69) is 0 Å². The number of benzene rings is 3. The highest BCUT2D eigenvalue weighted by Crippen LogP contribution is 2.24. The fraction of sp³-hybridized carbons (Fsp3) is 0.130. The fourth-order valence-electron chi connectivity index (χ4n) is 4.22. The molecule has 0 aliphatic carbocycles. The third-order valence-electron chi connectivity index (χ3n) is 5.57. The topological polar surface area (TPSA) is 77.1 Å². The number of aromatic nitrogens is 2. The van der Waals surface area contributed by atoms with E-state index in [4.69, 9.17) is 0 Å². The normalized spacial score (nSPS) is 11.8. The van der Waals surface area contributed by atoms with Gasteiger partial charge >= 0.3 is 0 Å². The Morgan fingerprint density at radius 3 is 1.97 bits per heavy atom. The van der Waals surface area contributed by atoms with E-state index in [-0.39, 0.29) is 27.1 Å². The summed E-state index contributed by atoms with van der Waals surface area (Å²) in [7, 11) is 0. The van der Waals surface area contributed by atoms with Crippen LogP contribution in [-0.2, 0) is 6.42 Å². The first kappa shape index (κ1) is 17.3. The lowest BCUT2D eigenvalue weighted by Gasteiger charge is -2.15. The molecular formula is C23H16N2O4. The zero-order valence-corrected chi connectivity index (χ0v) is 15.9. The second-order valence-corrected chi connectivity index (χ2v) is 7.19. The van der Waals surface area contributed by atoms with E-state index >= 15 is 0 Å². The summed E-state index contributed by atoms with van der Waals surface area (Å²) in [6.07, 6.45) is 0.593. The molecule has 2 heterocycles. The standard InChI is InChI=1S/C23H16N2O4/c1-3-13-7-6-10-16-18-20(17(26)11-12(2)21(18)27)25-23(29)15-9-5-4-8-14(15)22(28)24(25)19(13)16/h4-11H,3H2,1-2H3. The molecule has 3 aromatic carbocycles. The highest BCUT2D eigenvalue weighted by atomic mass is 16.2. The van der Waals surface area contributed by atoms with Crippen LogP contribution in [0.25, 0.3) is 32.6 Å². The molecule has 2 aromatic heterocycles. The highest BCUT2D eigenvalue weighted by molar-refractivity contribution is 6.05. The van der Waals surface area contributed by atoms with Gasteiger partial charge in [0.15, 0.2) is 5.43 Å². The molecule has 0 aliphatic rings. The van der Waals surface area contributed by atoms with Crippen molar-refractivity contribution < 1.29 is 0 Å². The highest BCUT2D eigenvalue weighted by Gasteiger charge is 2.20. The average Bonchev–Trinajstić information content (AvgIpc) is 2.73. The van der Waals surface area contributed by atoms with Crippen molar-refractivity contribution in [2.24, 2.45) is 0 Å². The van der Waals surface area contributed by atoms with E-state index in [1.165, 1.54) is 10.6 Å². The molecule has 0 radical (unpaired) electrons. The van der Waals surface area contributed by atoms with Crippen LogP contribution in [0.1, 0.15) is 18.1 Å². The first-order valence-electron chi connectivity index (χ1n) is 9.37. The molecule has 0 bridgehead atoms. The van der Waals surface area contributed by atoms with Crippen molar-refractivity contribution in [1.29, 1.82) is 0 Å². The minimum atomic E-state index is -0.502. The molecule has 6 nitrogen and oxygen atoms in total. The van der Waals surface area contributed by atoms with E-state index < -0.39 is 16.5 Å². The summed E-state index contributed by atoms with van der Waals surface area (Å²) in [5.74, 6) is 0. The quantitative estimate of drug-likeness (QED) is 0.328. The van der Waals surface area contributed by atoms with Crippen LogP contribution in [-0.4, -0.2) is 9.03 Å². The van der Waals surface area contributed by atoms with Crippen molar-refractivity contribution in [2.45, 2.75) is 20.3 Å². The lowest BCUT2D eigenvalue weighted by Crippen LogP contribution is -2.34. The molecule has 142 valence electrons. The van der Waals surface area contributed by atoms with Gasteiger partial charge in [-0.25, -0.2) is 9.03 Å². The molecule has 5 aromatic rings. The predicted octanol–water partition coefficient (Wildman–Crippen LogP) is 2.25. The van der Waals surface area contributed by atoms with E-state index in [1.54, 1.807) is 43.3 Å². The molecule has 5 rings (SSSR count). The van der Waals surface area contributed by atoms with E-state index in [9.17, 15) is 19.2 Å². The van der Waals surface area contributed by atoms with Crippen molar-refractivity contribution in [1.82, 2.24) is 9.03 Å². The molecule has 0 saturated heterocycles. The van der Waals surface area contributed by atoms with E-state index in [1.807, 2.05) is 13.0 Å². The summed E-state index contributed by atoms with van der Waals surface area (Å²) >= 11 is 0. The Bertz CT molecular complexity index is 1730. The fourth-order valence-corrected chi connectivity index (χ4v) is 4.22. The number of nitrogens with zero attached hydrogens (tertiary/aromatic N) is 2. The van der Waals surface area contributed by atoms with Crippen molar-refractivity contribution in [3.05, 3.63) is 101 Å². The minimum absolute atomic E-state index is 0.0609. The second-order valence-electron chi connectivity index (χ2n) is 7.19. The van der Waals surface area contributed by atoms with Gasteiger partial charge in [-0.3, -0.25) is 19.2 Å². The zero-order valence-electron chi connectivity index (χ0n) is 15.9. The SMILES string of the molecule is CCc1cccc2c3c(=O)c(C)cc(=O)c3n3c(=O)c4ccccc4c(=O)n3c12. The van der Waals surface area contributed by atoms with Gasteiger partial charge in [0.1, 0.15) is 5.52 Å². The third-order valence-corrected chi connectivity index (χ3v) is 5.57. The molecular weight excluding hydrogens is 368 g/mol. The Kier molecular flexibility index (Phi) is 3.49. The first-order chi connectivity index (χ1) is 14.0. The minimum Gasteiger partial charge on any atom is -0.289 e. The summed E-state index contributed by atoms with van der Waals surface area (Å²) in [6, 6.07) is 13.1. The van der Waals surface area contributed by atoms with Gasteiger partial charge in [0, 0.05) is 10.9 Å². The Hall–Kier alpha value is -3.80. The molecule has 6 heteroatoms. The van der Waals surface area contributed by atoms with Gasteiger partial charge in [-0.1, -0.05) is 37.3 Å². The third kappa shape index (κ3) is 2.11. The maximum absolute atomic E-state index is 13.5. The number of fused-ring (bicyclic) bond motifs is 7. The summed E-state index contributed by atoms with van der Waals surface area (Å²) in [6.45, 7) is 3.52. The molecule has 0 fully saturated rings. The lowest BCUT2D eigenvalue weighted by atomic mass is 10.0. The van der Waals surface area contributed by atoms with Crippen molar-refractivity contribution >= 4 is 32.6 Å². The Labute approximate surface area is 163 Å². The number of aryl methyl sites for hydroxylation is 2. The van der Waals surface area contributed by atoms with Gasteiger partial charge in [0.05, 0.1) is 21.7 Å². The maximum Gasteiger partial charge on any atom is 0.278 e. The number of rotatable bonds is 1. The van der Waals surface area contributed by atoms with Crippen LogP contribution in [0.4, 0.5) is 0 Å². The van der Waals surface area contributed by atoms with Gasteiger partial charge in [-0.05, 0) is 37.1 Å². The monoisotopic (exact) mass is 384 g/mol. The Morgan fingerprint density at radius 2 is 1.34 bits per heavy atom. The summed E-state index contributed by atoms with van der Waals surface area (Å²) in [4.78, 5) is 52.9. The van der Waals surface area contributed by atoms with Crippen LogP contribution >= 0.6 is 0 Å². The largest absolute Gasteiger partial charge is 0.289 e. The maximum atomic E-state index is 13.5. The zero-order chi connectivity index (χ0) is 20.4. The summed E-state index contributed by atoms with van der Waals surface area (Å²) in [5.41, 5.74) is -0.133. The average molecular weight is 384 g/mol. The Balaban J connectivity index is 2.39. The molecule has 0 saturated carbocycles. The van der Waals surface area contributed by atoms with Gasteiger partial charge < -0.3 is 0 Å². The summed E-state index contributed by atoms with van der Waals surface area (Å²) < 4.78 is 2.35. The molecule has 0 aliphatic heterocycles. The number of hydrogen-bond donors (Lipinski definition) is 0. The van der Waals surface area contributed by atoms with Crippen molar-refractivity contribution in [3.8, 4) is 0 Å². The summed E-state index contributed by atoms with van der Waals surface area (Å²) in [5, 5.41) is 1.17. The van der Waals surface area contributed by atoms with Gasteiger partial charge in [0.25, 0.3) is 11.1 Å². The van der Waals surface area contributed by atoms with Crippen LogP contribution in [0.5, 0.6) is 0 Å². The molecule has 0 amide bonds. The Morgan fingerprint density at radius 1 is 0.759 bits per heavy atom. The smallest absolute Gasteiger partial charge is 0.278 e. The van der Waals surface area contributed by atoms with Crippen LogP contribution in [0, 0.1) is 6.92 Å². The molecule has 0 N–H and O–H groups in total. The van der Waals surface area contributed by atoms with Crippen molar-refractivity contribution in [3.63, 3.8) is 0 Å². The molecule has 0 spiro atoms. The van der Waals surface area contributed by atoms with Gasteiger partial charge in [-0.2, -0.15) is 0 Å². The lowest BCUT2D eigenvalue weighted by molar-refractivity contribution is 0.794. The number of hydrogen-bond acceptors (Lipinski definition) is 4. The van der Waals surface area contributed by atoms with Gasteiger partial charge in [0.2, 0.25) is 5.43 Å². The predicted molar refractivity (Wildman–Crippen MR) is 114 cm³/mol. The number of para-hydroxylation sites is 1. The molecule has 0 atom stereocenters. The van der Waals surface area contributed by atoms with E-state index in [0.717, 1.165) is 10.1 Å².